The molecule has 2 rings (SSSR count). The Hall–Kier alpha value is -0.930. The summed E-state index contributed by atoms with van der Waals surface area (Å²) in [4.78, 5) is 2.57. The van der Waals surface area contributed by atoms with E-state index < -0.39 is 0 Å². The van der Waals surface area contributed by atoms with E-state index in [1.54, 1.807) is 6.07 Å². The van der Waals surface area contributed by atoms with E-state index in [-0.39, 0.29) is 5.82 Å². The van der Waals surface area contributed by atoms with Gasteiger partial charge in [0.25, 0.3) is 0 Å². The van der Waals surface area contributed by atoms with Crippen LogP contribution in [0, 0.1) is 11.7 Å². The van der Waals surface area contributed by atoms with Gasteiger partial charge in [0.2, 0.25) is 0 Å². The first-order chi connectivity index (χ1) is 10.0. The molecule has 1 fully saturated rings. The fourth-order valence-electron chi connectivity index (χ4n) is 3.23. The van der Waals surface area contributed by atoms with Crippen LogP contribution in [-0.2, 0) is 6.42 Å². The average Bonchev–Trinajstić information content (AvgIpc) is 2.90. The maximum absolute atomic E-state index is 13.3. The van der Waals surface area contributed by atoms with Crippen molar-refractivity contribution in [2.45, 2.75) is 52.1 Å². The summed E-state index contributed by atoms with van der Waals surface area (Å²) in [6.45, 7) is 10.2. The van der Waals surface area contributed by atoms with Gasteiger partial charge in [-0.15, -0.1) is 0 Å². The highest BCUT2D eigenvalue weighted by Crippen LogP contribution is 2.15. The van der Waals surface area contributed by atoms with Crippen LogP contribution in [0.3, 0.4) is 0 Å². The largest absolute Gasteiger partial charge is 0.313 e. The minimum Gasteiger partial charge on any atom is -0.313 e. The summed E-state index contributed by atoms with van der Waals surface area (Å²) < 4.78 is 13.3. The zero-order valence-electron chi connectivity index (χ0n) is 13.6. The Bertz CT molecular complexity index is 427. The third-order valence-corrected chi connectivity index (χ3v) is 4.26. The predicted molar refractivity (Wildman–Crippen MR) is 87.0 cm³/mol. The molecule has 1 aromatic carbocycles. The molecule has 21 heavy (non-hydrogen) atoms. The number of nitrogens with zero attached hydrogens (tertiary/aromatic N) is 1. The van der Waals surface area contributed by atoms with Gasteiger partial charge in [0.15, 0.2) is 0 Å². The van der Waals surface area contributed by atoms with E-state index in [1.165, 1.54) is 18.9 Å². The minimum absolute atomic E-state index is 0.132. The second-order valence-electron chi connectivity index (χ2n) is 6.82. The van der Waals surface area contributed by atoms with E-state index in [4.69, 9.17) is 0 Å². The Kier molecular flexibility index (Phi) is 6.19. The number of halogens is 1. The maximum atomic E-state index is 13.3. The lowest BCUT2D eigenvalue weighted by Gasteiger charge is -2.33. The molecule has 1 saturated heterocycles. The highest BCUT2D eigenvalue weighted by atomic mass is 19.1. The SMILES string of the molecule is CC(C)CN(CC1CCCN1)C(C)Cc1cccc(F)c1. The molecular weight excluding hydrogens is 263 g/mol. The summed E-state index contributed by atoms with van der Waals surface area (Å²) in [6.07, 6.45) is 3.48. The fourth-order valence-corrected chi connectivity index (χ4v) is 3.23. The van der Waals surface area contributed by atoms with Crippen LogP contribution in [0.2, 0.25) is 0 Å². The standard InChI is InChI=1S/C18H29FN2/c1-14(2)12-21(13-18-8-5-9-20-18)15(3)10-16-6-4-7-17(19)11-16/h4,6-7,11,14-15,18,20H,5,8-10,12-13H2,1-3H3. The number of nitrogens with one attached hydrogen (secondary N) is 1. The number of rotatable bonds is 7. The van der Waals surface area contributed by atoms with Gasteiger partial charge in [0.05, 0.1) is 0 Å². The lowest BCUT2D eigenvalue weighted by atomic mass is 10.0. The lowest BCUT2D eigenvalue weighted by Crippen LogP contribution is -2.44. The van der Waals surface area contributed by atoms with Crippen LogP contribution in [-0.4, -0.2) is 36.6 Å². The molecule has 1 aromatic rings. The summed E-state index contributed by atoms with van der Waals surface area (Å²) in [5.41, 5.74) is 1.09. The number of hydrogen-bond acceptors (Lipinski definition) is 2. The van der Waals surface area contributed by atoms with Crippen molar-refractivity contribution < 1.29 is 4.39 Å². The Labute approximate surface area is 128 Å². The van der Waals surface area contributed by atoms with Gasteiger partial charge in [-0.25, -0.2) is 4.39 Å². The van der Waals surface area contributed by atoms with Crippen LogP contribution >= 0.6 is 0 Å². The molecule has 0 amide bonds. The highest BCUT2D eigenvalue weighted by Gasteiger charge is 2.22. The Morgan fingerprint density at radius 2 is 2.14 bits per heavy atom. The van der Waals surface area contributed by atoms with Crippen molar-refractivity contribution in [3.63, 3.8) is 0 Å². The van der Waals surface area contributed by atoms with Crippen LogP contribution in [0.1, 0.15) is 39.2 Å². The molecule has 2 atom stereocenters. The molecule has 0 aliphatic carbocycles. The van der Waals surface area contributed by atoms with Crippen LogP contribution in [0.15, 0.2) is 24.3 Å². The number of hydrogen-bond donors (Lipinski definition) is 1. The molecule has 118 valence electrons. The van der Waals surface area contributed by atoms with Gasteiger partial charge < -0.3 is 5.32 Å². The lowest BCUT2D eigenvalue weighted by molar-refractivity contribution is 0.170. The van der Waals surface area contributed by atoms with E-state index in [1.807, 2.05) is 12.1 Å². The first-order valence-corrected chi connectivity index (χ1v) is 8.26. The maximum Gasteiger partial charge on any atom is 0.123 e. The molecule has 0 saturated carbocycles. The minimum atomic E-state index is -0.132. The van der Waals surface area contributed by atoms with Gasteiger partial charge in [-0.1, -0.05) is 26.0 Å². The Morgan fingerprint density at radius 1 is 1.33 bits per heavy atom. The molecule has 0 aromatic heterocycles. The van der Waals surface area contributed by atoms with E-state index >= 15 is 0 Å². The second-order valence-corrected chi connectivity index (χ2v) is 6.82. The molecular formula is C18H29FN2. The van der Waals surface area contributed by atoms with Crippen molar-refractivity contribution in [2.24, 2.45) is 5.92 Å². The Balaban J connectivity index is 1.97. The van der Waals surface area contributed by atoms with Gasteiger partial charge in [-0.05, 0) is 56.3 Å². The van der Waals surface area contributed by atoms with Crippen LogP contribution in [0.25, 0.3) is 0 Å². The molecule has 0 spiro atoms. The summed E-state index contributed by atoms with van der Waals surface area (Å²) >= 11 is 0. The fraction of sp³-hybridized carbons (Fsp3) is 0.667. The molecule has 1 N–H and O–H groups in total. The summed E-state index contributed by atoms with van der Waals surface area (Å²) in [7, 11) is 0. The van der Waals surface area contributed by atoms with Crippen molar-refractivity contribution in [1.82, 2.24) is 10.2 Å². The smallest absolute Gasteiger partial charge is 0.123 e. The molecule has 1 heterocycles. The van der Waals surface area contributed by atoms with Gasteiger partial charge in [-0.2, -0.15) is 0 Å². The topological polar surface area (TPSA) is 15.3 Å². The third-order valence-electron chi connectivity index (χ3n) is 4.26. The van der Waals surface area contributed by atoms with Crippen molar-refractivity contribution in [3.8, 4) is 0 Å². The molecule has 0 radical (unpaired) electrons. The van der Waals surface area contributed by atoms with Crippen LogP contribution < -0.4 is 5.32 Å². The summed E-state index contributed by atoms with van der Waals surface area (Å²) in [5.74, 6) is 0.522. The number of benzene rings is 1. The first kappa shape index (κ1) is 16.4. The van der Waals surface area contributed by atoms with Gasteiger partial charge >= 0.3 is 0 Å². The van der Waals surface area contributed by atoms with Gasteiger partial charge in [-0.3, -0.25) is 4.90 Å². The van der Waals surface area contributed by atoms with Crippen LogP contribution in [0.4, 0.5) is 4.39 Å². The Morgan fingerprint density at radius 3 is 2.76 bits per heavy atom. The van der Waals surface area contributed by atoms with Gasteiger partial charge in [0, 0.05) is 25.2 Å². The van der Waals surface area contributed by atoms with Crippen LogP contribution in [0.5, 0.6) is 0 Å². The molecule has 0 bridgehead atoms. The van der Waals surface area contributed by atoms with Crippen molar-refractivity contribution in [1.29, 1.82) is 0 Å². The molecule has 3 heteroatoms. The molecule has 1 aliphatic rings. The van der Waals surface area contributed by atoms with E-state index in [9.17, 15) is 4.39 Å². The summed E-state index contributed by atoms with van der Waals surface area (Å²) in [5, 5.41) is 3.59. The van der Waals surface area contributed by atoms with E-state index in [2.05, 4.69) is 31.0 Å². The molecule has 2 unspecified atom stereocenters. The van der Waals surface area contributed by atoms with Crippen molar-refractivity contribution >= 4 is 0 Å². The van der Waals surface area contributed by atoms with E-state index in [0.29, 0.717) is 18.0 Å². The second kappa shape index (κ2) is 7.90. The van der Waals surface area contributed by atoms with E-state index in [0.717, 1.165) is 31.6 Å². The quantitative estimate of drug-likeness (QED) is 0.828. The third kappa shape index (κ3) is 5.40. The van der Waals surface area contributed by atoms with Crippen molar-refractivity contribution in [2.75, 3.05) is 19.6 Å². The zero-order chi connectivity index (χ0) is 15.2. The van der Waals surface area contributed by atoms with Crippen molar-refractivity contribution in [3.05, 3.63) is 35.6 Å². The first-order valence-electron chi connectivity index (χ1n) is 8.26. The highest BCUT2D eigenvalue weighted by molar-refractivity contribution is 5.17. The predicted octanol–water partition coefficient (Wildman–Crippen LogP) is 3.47. The molecule has 2 nitrogen and oxygen atoms in total. The molecule has 1 aliphatic heterocycles. The zero-order valence-corrected chi connectivity index (χ0v) is 13.6. The van der Waals surface area contributed by atoms with Gasteiger partial charge in [0.1, 0.15) is 5.82 Å². The average molecular weight is 292 g/mol. The monoisotopic (exact) mass is 292 g/mol. The summed E-state index contributed by atoms with van der Waals surface area (Å²) in [6, 6.07) is 8.08. The normalized spacial score (nSPS) is 20.4.